The molecule has 2 N–H and O–H groups in total. The summed E-state index contributed by atoms with van der Waals surface area (Å²) in [6.07, 6.45) is 6.22. The third kappa shape index (κ3) is 6.95. The Morgan fingerprint density at radius 1 is 0.912 bits per heavy atom. The monoisotopic (exact) mass is 571 g/mol. The van der Waals surface area contributed by atoms with Crippen molar-refractivity contribution in [1.29, 1.82) is 15.8 Å². The normalized spacial score (nSPS) is 8.76. The molecule has 4 rings (SSSR count). The molecule has 4 aromatic heterocycles. The Labute approximate surface area is 215 Å². The van der Waals surface area contributed by atoms with Crippen LogP contribution in [0.1, 0.15) is 26.3 Å². The molecule has 0 saturated heterocycles. The van der Waals surface area contributed by atoms with Crippen molar-refractivity contribution >= 4 is 49.9 Å². The Bertz CT molecular complexity index is 1350. The van der Waals surface area contributed by atoms with E-state index < -0.39 is 5.97 Å². The quantitative estimate of drug-likeness (QED) is 0.206. The second-order valence-corrected chi connectivity index (χ2v) is 6.59. The molecule has 0 aliphatic rings. The third-order valence-corrected chi connectivity index (χ3v) is 4.40. The number of pyridine rings is 2. The van der Waals surface area contributed by atoms with E-state index >= 15 is 0 Å². The van der Waals surface area contributed by atoms with Crippen molar-refractivity contribution in [2.45, 2.75) is 0 Å². The number of esters is 2. The predicted molar refractivity (Wildman–Crippen MR) is 117 cm³/mol. The predicted octanol–water partition coefficient (Wildman–Crippen LogP) is 3.52. The molecule has 4 aromatic rings. The van der Waals surface area contributed by atoms with Crippen molar-refractivity contribution in [3.63, 3.8) is 0 Å². The molecule has 0 amide bonds. The zero-order chi connectivity index (χ0) is 25.0. The van der Waals surface area contributed by atoms with Gasteiger partial charge in [0.1, 0.15) is 17.4 Å². The van der Waals surface area contributed by atoms with Crippen LogP contribution in [0.2, 0.25) is 0 Å². The van der Waals surface area contributed by atoms with Gasteiger partial charge in [0.05, 0.1) is 30.9 Å². The Hall–Kier alpha value is -4.11. The van der Waals surface area contributed by atoms with Crippen LogP contribution in [-0.4, -0.2) is 46.1 Å². The average Bonchev–Trinajstić information content (AvgIpc) is 3.49. The minimum atomic E-state index is -0.446. The van der Waals surface area contributed by atoms with Crippen LogP contribution in [0.3, 0.4) is 0 Å². The van der Waals surface area contributed by atoms with Crippen LogP contribution in [0, 0.1) is 35.0 Å². The minimum absolute atomic E-state index is 0. The second-order valence-electron chi connectivity index (χ2n) is 5.67. The summed E-state index contributed by atoms with van der Waals surface area (Å²) in [5.74, 6) is -0.811. The van der Waals surface area contributed by atoms with Gasteiger partial charge in [-0.1, -0.05) is 0 Å². The number of carbonyl (C=O) groups is 2. The maximum Gasteiger partial charge on any atom is 2.00 e. The van der Waals surface area contributed by atoms with Crippen molar-refractivity contribution in [1.82, 2.24) is 19.9 Å². The summed E-state index contributed by atoms with van der Waals surface area (Å²) < 4.78 is 10.1. The van der Waals surface area contributed by atoms with E-state index in [4.69, 9.17) is 28.9 Å². The standard InChI is InChI=1S/C10H7N3O2.C9H7BrN2O2.2CN.Zn/c1-15-10(14)8-5-13-9-7(8)2-6(3-11)4-12-9;1-14-9(13)7-4-12-8-6(7)2-5(10)3-11-8;2*1-2;/h2,4-5H,1H3,(H,12,13);2-4H,1H3,(H,11,12);;;/q;;2*-1;+2. The van der Waals surface area contributed by atoms with E-state index in [1.165, 1.54) is 26.6 Å². The first kappa shape index (κ1) is 29.9. The van der Waals surface area contributed by atoms with Gasteiger partial charge in [-0.15, -0.1) is 0 Å². The molecular weight excluding hydrogens is 560 g/mol. The molecule has 13 heteroatoms. The number of fused-ring (bicyclic) bond motifs is 2. The number of hydrogen-bond donors (Lipinski definition) is 2. The zero-order valence-electron chi connectivity index (χ0n) is 17.9. The number of nitrogens with zero attached hydrogens (tertiary/aromatic N) is 5. The molecule has 0 aliphatic heterocycles. The first-order chi connectivity index (χ1) is 16.0. The van der Waals surface area contributed by atoms with Gasteiger partial charge in [-0.2, -0.15) is 5.26 Å². The van der Waals surface area contributed by atoms with Crippen molar-refractivity contribution in [3.8, 4) is 6.07 Å². The minimum Gasteiger partial charge on any atom is -0.512 e. The van der Waals surface area contributed by atoms with Gasteiger partial charge in [-0.3, -0.25) is 0 Å². The molecule has 4 heterocycles. The van der Waals surface area contributed by atoms with E-state index in [0.717, 1.165) is 9.86 Å². The largest absolute Gasteiger partial charge is 2.00 e. The number of aromatic nitrogens is 4. The van der Waals surface area contributed by atoms with Gasteiger partial charge < -0.3 is 43.1 Å². The molecular formula is C21H14BrN7O4Zn. The van der Waals surface area contributed by atoms with Crippen molar-refractivity contribution in [2.24, 2.45) is 0 Å². The number of rotatable bonds is 2. The van der Waals surface area contributed by atoms with Gasteiger partial charge >= 0.3 is 31.4 Å². The molecule has 0 atom stereocenters. The summed E-state index contributed by atoms with van der Waals surface area (Å²) in [5.41, 5.74) is 2.53. The second kappa shape index (κ2) is 14.9. The van der Waals surface area contributed by atoms with Crippen LogP contribution in [0.4, 0.5) is 0 Å². The summed E-state index contributed by atoms with van der Waals surface area (Å²) in [6.45, 7) is 9.50. The van der Waals surface area contributed by atoms with Gasteiger partial charge in [0, 0.05) is 40.0 Å². The number of methoxy groups -OCH3 is 2. The van der Waals surface area contributed by atoms with E-state index in [1.807, 2.05) is 12.1 Å². The number of carbonyl (C=O) groups excluding carboxylic acids is 2. The fourth-order valence-corrected chi connectivity index (χ4v) is 2.93. The van der Waals surface area contributed by atoms with Gasteiger partial charge in [0.2, 0.25) is 0 Å². The van der Waals surface area contributed by atoms with E-state index in [-0.39, 0.29) is 25.4 Å². The molecule has 0 radical (unpaired) electrons. The summed E-state index contributed by atoms with van der Waals surface area (Å²) in [4.78, 5) is 36.5. The maximum absolute atomic E-state index is 11.3. The molecule has 0 unspecified atom stereocenters. The summed E-state index contributed by atoms with van der Waals surface area (Å²) in [7, 11) is 2.66. The zero-order valence-corrected chi connectivity index (χ0v) is 22.5. The number of nitriles is 1. The van der Waals surface area contributed by atoms with Crippen LogP contribution >= 0.6 is 15.9 Å². The molecule has 0 saturated carbocycles. The smallest absolute Gasteiger partial charge is 0.512 e. The first-order valence-corrected chi connectivity index (χ1v) is 9.39. The van der Waals surface area contributed by atoms with E-state index in [2.05, 4.69) is 45.3 Å². The number of hydrogen-bond acceptors (Lipinski definition) is 9. The number of ether oxygens (including phenoxy) is 2. The Morgan fingerprint density at radius 2 is 1.35 bits per heavy atom. The number of aromatic amines is 2. The molecule has 11 nitrogen and oxygen atoms in total. The van der Waals surface area contributed by atoms with Crippen molar-refractivity contribution in [2.75, 3.05) is 14.2 Å². The van der Waals surface area contributed by atoms with E-state index in [9.17, 15) is 9.59 Å². The van der Waals surface area contributed by atoms with Crippen LogP contribution < -0.4 is 0 Å². The summed E-state index contributed by atoms with van der Waals surface area (Å²) >= 11 is 3.29. The summed E-state index contributed by atoms with van der Waals surface area (Å²) in [5, 5.41) is 22.6. The first-order valence-electron chi connectivity index (χ1n) is 8.59. The molecule has 0 spiro atoms. The molecule has 0 bridgehead atoms. The van der Waals surface area contributed by atoms with E-state index in [1.54, 1.807) is 18.5 Å². The number of H-pyrrole nitrogens is 2. The van der Waals surface area contributed by atoms with Crippen LogP contribution in [0.25, 0.3) is 22.1 Å². The van der Waals surface area contributed by atoms with Crippen LogP contribution in [0.5, 0.6) is 0 Å². The van der Waals surface area contributed by atoms with Gasteiger partial charge in [0.25, 0.3) is 0 Å². The molecule has 166 valence electrons. The van der Waals surface area contributed by atoms with Crippen LogP contribution in [-0.2, 0) is 29.0 Å². The van der Waals surface area contributed by atoms with E-state index in [0.29, 0.717) is 33.4 Å². The number of nitrogens with one attached hydrogen (secondary N) is 2. The summed E-state index contributed by atoms with van der Waals surface area (Å²) in [6, 6.07) is 5.39. The Kier molecular flexibility index (Phi) is 13.1. The molecule has 0 aromatic carbocycles. The number of halogens is 1. The van der Waals surface area contributed by atoms with Crippen LogP contribution in [0.15, 0.2) is 41.4 Å². The maximum atomic E-state index is 11.3. The van der Waals surface area contributed by atoms with Crippen molar-refractivity contribution in [3.05, 3.63) is 71.2 Å². The van der Waals surface area contributed by atoms with Gasteiger partial charge in [-0.25, -0.2) is 19.6 Å². The Balaban J connectivity index is 0.000000546. The van der Waals surface area contributed by atoms with Gasteiger partial charge in [0.15, 0.2) is 0 Å². The van der Waals surface area contributed by atoms with Crippen molar-refractivity contribution < 1.29 is 38.5 Å². The fraction of sp³-hybridized carbons (Fsp3) is 0.0952. The average molecular weight is 574 g/mol. The topological polar surface area (TPSA) is 181 Å². The SMILES string of the molecule is COC(=O)c1c[nH]c2ncc(Br)cc12.COC(=O)c1c[nH]c2ncc(C#N)cc12.[C-]#N.[C-]#N.[Zn+2]. The molecule has 0 fully saturated rings. The third-order valence-electron chi connectivity index (χ3n) is 3.97. The van der Waals surface area contributed by atoms with Gasteiger partial charge in [-0.05, 0) is 28.1 Å². The molecule has 34 heavy (non-hydrogen) atoms. The Morgan fingerprint density at radius 3 is 1.79 bits per heavy atom. The fourth-order valence-electron chi connectivity index (χ4n) is 2.60. The molecule has 0 aliphatic carbocycles.